The molecule has 5 unspecified atom stereocenters. The fraction of sp³-hybridized carbons (Fsp3) is 0.750. The summed E-state index contributed by atoms with van der Waals surface area (Å²) in [5.41, 5.74) is 10.8. The molecular formula is C20H35N5O7. The van der Waals surface area contributed by atoms with E-state index in [1.807, 2.05) is 13.8 Å². The molecule has 0 saturated carbocycles. The molecule has 0 radical (unpaired) electrons. The van der Waals surface area contributed by atoms with Gasteiger partial charge in [-0.2, -0.15) is 0 Å². The first-order valence-electron chi connectivity index (χ1n) is 10.7. The van der Waals surface area contributed by atoms with Gasteiger partial charge < -0.3 is 37.2 Å². The first-order valence-corrected chi connectivity index (χ1v) is 10.7. The number of nitrogens with two attached hydrogens (primary N) is 2. The van der Waals surface area contributed by atoms with E-state index < -0.39 is 59.9 Å². The average molecular weight is 458 g/mol. The summed E-state index contributed by atoms with van der Waals surface area (Å²) in [6.07, 6.45) is -0.398. The Balaban J connectivity index is 2.98. The van der Waals surface area contributed by atoms with Crippen molar-refractivity contribution in [2.24, 2.45) is 17.4 Å². The summed E-state index contributed by atoms with van der Waals surface area (Å²) in [5, 5.41) is 23.8. The molecule has 1 rings (SSSR count). The summed E-state index contributed by atoms with van der Waals surface area (Å²) in [7, 11) is 0. The van der Waals surface area contributed by atoms with E-state index in [-0.39, 0.29) is 31.7 Å². The van der Waals surface area contributed by atoms with Crippen molar-refractivity contribution < 1.29 is 34.2 Å². The van der Waals surface area contributed by atoms with Crippen molar-refractivity contribution in [1.82, 2.24) is 15.5 Å². The molecule has 1 saturated heterocycles. The predicted octanol–water partition coefficient (Wildman–Crippen LogP) is -1.95. The highest BCUT2D eigenvalue weighted by Gasteiger charge is 2.39. The molecule has 182 valence electrons. The predicted molar refractivity (Wildman–Crippen MR) is 114 cm³/mol. The lowest BCUT2D eigenvalue weighted by atomic mass is 10.0. The average Bonchev–Trinajstić information content (AvgIpc) is 3.18. The number of hydrogen-bond acceptors (Lipinski definition) is 7. The lowest BCUT2D eigenvalue weighted by Gasteiger charge is -2.30. The Morgan fingerprint density at radius 1 is 1.09 bits per heavy atom. The van der Waals surface area contributed by atoms with E-state index in [2.05, 4.69) is 10.6 Å². The lowest BCUT2D eigenvalue weighted by molar-refractivity contribution is -0.145. The van der Waals surface area contributed by atoms with Crippen molar-refractivity contribution in [1.29, 1.82) is 0 Å². The van der Waals surface area contributed by atoms with Gasteiger partial charge in [0.1, 0.15) is 24.2 Å². The van der Waals surface area contributed by atoms with E-state index in [9.17, 15) is 34.2 Å². The first-order chi connectivity index (χ1) is 14.8. The van der Waals surface area contributed by atoms with Crippen LogP contribution < -0.4 is 22.1 Å². The van der Waals surface area contributed by atoms with E-state index in [1.165, 1.54) is 11.8 Å². The van der Waals surface area contributed by atoms with E-state index >= 15 is 0 Å². The monoisotopic (exact) mass is 457 g/mol. The van der Waals surface area contributed by atoms with Crippen LogP contribution in [-0.2, 0) is 24.0 Å². The number of aliphatic hydroxyl groups is 1. The number of carbonyl (C=O) groups excluding carboxylic acids is 4. The van der Waals surface area contributed by atoms with Gasteiger partial charge in [-0.25, -0.2) is 4.79 Å². The Hall–Kier alpha value is -2.73. The van der Waals surface area contributed by atoms with E-state index in [0.717, 1.165) is 0 Å². The summed E-state index contributed by atoms with van der Waals surface area (Å²) in [6, 6.07) is -4.47. The molecule has 32 heavy (non-hydrogen) atoms. The van der Waals surface area contributed by atoms with Crippen LogP contribution >= 0.6 is 0 Å². The molecule has 5 atom stereocenters. The molecule has 0 aliphatic carbocycles. The Kier molecular flexibility index (Phi) is 10.5. The number of hydrogen-bond donors (Lipinski definition) is 6. The molecule has 0 aromatic rings. The number of nitrogens with zero attached hydrogens (tertiary/aromatic N) is 1. The molecule has 1 heterocycles. The number of carboxylic acids is 1. The normalized spacial score (nSPS) is 19.7. The van der Waals surface area contributed by atoms with Gasteiger partial charge in [-0.1, -0.05) is 13.8 Å². The summed E-state index contributed by atoms with van der Waals surface area (Å²) >= 11 is 0. The highest BCUT2D eigenvalue weighted by Crippen LogP contribution is 2.20. The van der Waals surface area contributed by atoms with Gasteiger partial charge in [-0.05, 0) is 38.5 Å². The summed E-state index contributed by atoms with van der Waals surface area (Å²) < 4.78 is 0. The van der Waals surface area contributed by atoms with E-state index in [4.69, 9.17) is 11.5 Å². The van der Waals surface area contributed by atoms with Gasteiger partial charge in [0.2, 0.25) is 23.6 Å². The minimum absolute atomic E-state index is 0.0317. The molecule has 1 fully saturated rings. The molecule has 12 heteroatoms. The van der Waals surface area contributed by atoms with Crippen LogP contribution in [0, 0.1) is 5.92 Å². The van der Waals surface area contributed by atoms with Gasteiger partial charge in [0.05, 0.1) is 6.10 Å². The van der Waals surface area contributed by atoms with Crippen molar-refractivity contribution in [2.45, 2.75) is 83.1 Å². The Bertz CT molecular complexity index is 712. The molecular weight excluding hydrogens is 422 g/mol. The number of nitrogens with one attached hydrogen (secondary N) is 2. The van der Waals surface area contributed by atoms with Gasteiger partial charge in [0.15, 0.2) is 0 Å². The number of primary amides is 1. The minimum atomic E-state index is -1.29. The maximum absolute atomic E-state index is 13.2. The first kappa shape index (κ1) is 27.3. The molecule has 0 spiro atoms. The zero-order chi connectivity index (χ0) is 24.6. The van der Waals surface area contributed by atoms with E-state index in [1.54, 1.807) is 0 Å². The zero-order valence-electron chi connectivity index (χ0n) is 18.7. The molecule has 1 aliphatic rings. The third-order valence-corrected chi connectivity index (χ3v) is 5.28. The van der Waals surface area contributed by atoms with Crippen LogP contribution in [0.15, 0.2) is 0 Å². The highest BCUT2D eigenvalue weighted by atomic mass is 16.4. The van der Waals surface area contributed by atoms with Gasteiger partial charge in [-0.3, -0.25) is 19.2 Å². The third-order valence-electron chi connectivity index (χ3n) is 5.28. The maximum atomic E-state index is 13.2. The second kappa shape index (κ2) is 12.3. The van der Waals surface area contributed by atoms with Gasteiger partial charge in [0, 0.05) is 13.0 Å². The topological polar surface area (TPSA) is 205 Å². The van der Waals surface area contributed by atoms with Crippen LogP contribution in [-0.4, -0.2) is 81.5 Å². The number of aliphatic hydroxyl groups excluding tert-OH is 1. The largest absolute Gasteiger partial charge is 0.480 e. The number of likely N-dealkylation sites (tertiary alicyclic amines) is 1. The summed E-state index contributed by atoms with van der Waals surface area (Å²) in [6.45, 7) is 5.21. The Labute approximate surface area is 187 Å². The maximum Gasteiger partial charge on any atom is 0.326 e. The van der Waals surface area contributed by atoms with Crippen LogP contribution in [0.5, 0.6) is 0 Å². The quantitative estimate of drug-likeness (QED) is 0.194. The third kappa shape index (κ3) is 8.08. The Morgan fingerprint density at radius 2 is 1.72 bits per heavy atom. The number of carboxylic acid groups (broad SMARTS) is 1. The van der Waals surface area contributed by atoms with Crippen LogP contribution in [0.3, 0.4) is 0 Å². The van der Waals surface area contributed by atoms with Gasteiger partial charge >= 0.3 is 5.97 Å². The lowest BCUT2D eigenvalue weighted by Crippen LogP contribution is -2.58. The standard InChI is InChI=1S/C20H35N5O7/c1-10(2)9-13(20(31)32)24-17(28)14-5-4-8-25(14)19(30)12(6-7-15(21)27)23-18(29)16(22)11(3)26/h10-14,16,26H,4-9,22H2,1-3H3,(H2,21,27)(H,23,29)(H,24,28)(H,31,32). The number of amides is 4. The Morgan fingerprint density at radius 3 is 2.22 bits per heavy atom. The van der Waals surface area contributed by atoms with Crippen molar-refractivity contribution in [3.8, 4) is 0 Å². The van der Waals surface area contributed by atoms with Crippen molar-refractivity contribution in [2.75, 3.05) is 6.54 Å². The molecule has 0 bridgehead atoms. The highest BCUT2D eigenvalue weighted by molar-refractivity contribution is 5.94. The summed E-state index contributed by atoms with van der Waals surface area (Å²) in [4.78, 5) is 62.2. The number of rotatable bonds is 12. The fourth-order valence-electron chi connectivity index (χ4n) is 3.50. The molecule has 0 aromatic carbocycles. The van der Waals surface area contributed by atoms with Crippen LogP contribution in [0.25, 0.3) is 0 Å². The number of aliphatic carboxylic acids is 1. The van der Waals surface area contributed by atoms with Crippen LogP contribution in [0.1, 0.15) is 52.9 Å². The fourth-order valence-corrected chi connectivity index (χ4v) is 3.50. The molecule has 12 nitrogen and oxygen atoms in total. The van der Waals surface area contributed by atoms with Crippen LogP contribution in [0.4, 0.5) is 0 Å². The second-order valence-corrected chi connectivity index (χ2v) is 8.55. The van der Waals surface area contributed by atoms with E-state index in [0.29, 0.717) is 12.8 Å². The molecule has 8 N–H and O–H groups in total. The van der Waals surface area contributed by atoms with Gasteiger partial charge in [-0.15, -0.1) is 0 Å². The zero-order valence-corrected chi connectivity index (χ0v) is 18.7. The van der Waals surface area contributed by atoms with Crippen molar-refractivity contribution in [3.63, 3.8) is 0 Å². The van der Waals surface area contributed by atoms with Crippen molar-refractivity contribution in [3.05, 3.63) is 0 Å². The van der Waals surface area contributed by atoms with Crippen LogP contribution in [0.2, 0.25) is 0 Å². The second-order valence-electron chi connectivity index (χ2n) is 8.55. The van der Waals surface area contributed by atoms with Gasteiger partial charge in [0.25, 0.3) is 0 Å². The summed E-state index contributed by atoms with van der Waals surface area (Å²) in [5.74, 6) is -3.79. The minimum Gasteiger partial charge on any atom is -0.480 e. The molecule has 0 aromatic heterocycles. The number of carbonyl (C=O) groups is 5. The molecule has 4 amide bonds. The SMILES string of the molecule is CC(C)CC(NC(=O)C1CCCN1C(=O)C(CCC(N)=O)NC(=O)C(N)C(C)O)C(=O)O. The van der Waals surface area contributed by atoms with Crippen molar-refractivity contribution >= 4 is 29.6 Å². The smallest absolute Gasteiger partial charge is 0.326 e. The molecule has 1 aliphatic heterocycles.